The maximum Gasteiger partial charge on any atom is 0.338 e. The molecule has 1 aliphatic heterocycles. The van der Waals surface area contributed by atoms with Crippen molar-refractivity contribution < 1.29 is 31.5 Å². The fourth-order valence-corrected chi connectivity index (χ4v) is 4.77. The summed E-state index contributed by atoms with van der Waals surface area (Å²) in [4.78, 5) is 24.4. The number of sulfonamides is 1. The molecule has 0 radical (unpaired) electrons. The van der Waals surface area contributed by atoms with Gasteiger partial charge in [-0.05, 0) is 37.6 Å². The molecular formula is C19H17F2NO5S. The third-order valence-electron chi connectivity index (χ3n) is 4.24. The van der Waals surface area contributed by atoms with Crippen LogP contribution in [0.3, 0.4) is 0 Å². The summed E-state index contributed by atoms with van der Waals surface area (Å²) >= 11 is 0. The zero-order chi connectivity index (χ0) is 20.6. The molecule has 148 valence electrons. The number of ether oxygens (including phenoxy) is 1. The lowest BCUT2D eigenvalue weighted by Gasteiger charge is -2.19. The van der Waals surface area contributed by atoms with E-state index in [2.05, 4.69) is 0 Å². The molecule has 28 heavy (non-hydrogen) atoms. The summed E-state index contributed by atoms with van der Waals surface area (Å²) in [6.45, 7) is 3.09. The van der Waals surface area contributed by atoms with Crippen LogP contribution in [0, 0.1) is 0 Å². The summed E-state index contributed by atoms with van der Waals surface area (Å²) in [6, 6.07) is 10.3. The van der Waals surface area contributed by atoms with Gasteiger partial charge in [-0.2, -0.15) is 0 Å². The van der Waals surface area contributed by atoms with Gasteiger partial charge in [0.25, 0.3) is 22.4 Å². The van der Waals surface area contributed by atoms with Crippen molar-refractivity contribution in [3.05, 3.63) is 65.2 Å². The Morgan fingerprint density at radius 2 is 1.71 bits per heavy atom. The predicted molar refractivity (Wildman–Crippen MR) is 95.5 cm³/mol. The Morgan fingerprint density at radius 3 is 2.29 bits per heavy atom. The molecule has 1 aliphatic rings. The van der Waals surface area contributed by atoms with E-state index in [1.165, 1.54) is 36.4 Å². The molecule has 0 fully saturated rings. The maximum absolute atomic E-state index is 13.4. The van der Waals surface area contributed by atoms with Gasteiger partial charge in [0.15, 0.2) is 6.10 Å². The summed E-state index contributed by atoms with van der Waals surface area (Å²) in [5, 5.41) is 0. The van der Waals surface area contributed by atoms with Crippen LogP contribution >= 0.6 is 0 Å². The Morgan fingerprint density at radius 1 is 1.07 bits per heavy atom. The number of hydrogen-bond donors (Lipinski definition) is 0. The monoisotopic (exact) mass is 409 g/mol. The molecule has 0 spiro atoms. The Bertz CT molecular complexity index is 1020. The van der Waals surface area contributed by atoms with Crippen molar-refractivity contribution in [3.8, 4) is 0 Å². The minimum Gasteiger partial charge on any atom is -0.448 e. The lowest BCUT2D eigenvalue weighted by Crippen LogP contribution is -2.36. The first-order valence-corrected chi connectivity index (χ1v) is 9.85. The molecule has 0 aromatic heterocycles. The zero-order valence-corrected chi connectivity index (χ0v) is 15.8. The van der Waals surface area contributed by atoms with E-state index in [1.54, 1.807) is 19.9 Å². The summed E-state index contributed by atoms with van der Waals surface area (Å²) < 4.78 is 57.6. The van der Waals surface area contributed by atoms with Crippen LogP contribution in [-0.4, -0.2) is 37.1 Å². The van der Waals surface area contributed by atoms with Crippen LogP contribution in [0.25, 0.3) is 0 Å². The van der Waals surface area contributed by atoms with Crippen molar-refractivity contribution in [3.63, 3.8) is 0 Å². The van der Waals surface area contributed by atoms with E-state index < -0.39 is 40.5 Å². The fourth-order valence-electron chi connectivity index (χ4n) is 2.98. The lowest BCUT2D eigenvalue weighted by molar-refractivity contribution is -0.0350. The highest BCUT2D eigenvalue weighted by Crippen LogP contribution is 2.33. The number of halogens is 2. The Kier molecular flexibility index (Phi) is 5.20. The summed E-state index contributed by atoms with van der Waals surface area (Å²) in [5.74, 6) is -1.80. The van der Waals surface area contributed by atoms with Crippen LogP contribution in [-0.2, 0) is 14.8 Å². The van der Waals surface area contributed by atoms with E-state index in [1.807, 2.05) is 0 Å². The summed E-state index contributed by atoms with van der Waals surface area (Å²) in [6.07, 6.45) is -4.77. The lowest BCUT2D eigenvalue weighted by atomic mass is 10.1. The molecule has 1 atom stereocenters. The van der Waals surface area contributed by atoms with Gasteiger partial charge in [-0.1, -0.05) is 30.3 Å². The van der Waals surface area contributed by atoms with Crippen LogP contribution in [0.5, 0.6) is 0 Å². The highest BCUT2D eigenvalue weighted by molar-refractivity contribution is 7.90. The van der Waals surface area contributed by atoms with Crippen LogP contribution in [0.2, 0.25) is 0 Å². The van der Waals surface area contributed by atoms with Crippen molar-refractivity contribution in [1.29, 1.82) is 0 Å². The fraction of sp³-hybridized carbons (Fsp3) is 0.263. The van der Waals surface area contributed by atoms with Crippen molar-refractivity contribution in [1.82, 2.24) is 4.31 Å². The van der Waals surface area contributed by atoms with E-state index in [0.717, 1.165) is 10.4 Å². The molecule has 0 saturated heterocycles. The molecule has 2 aromatic carbocycles. The smallest absolute Gasteiger partial charge is 0.338 e. The summed E-state index contributed by atoms with van der Waals surface area (Å²) in [7, 11) is -4.12. The highest BCUT2D eigenvalue weighted by Gasteiger charge is 2.43. The average molecular weight is 409 g/mol. The SMILES string of the molecule is CC(C)N1C(=O)c2ccc(C(=O)O[C@@H](c3ccccc3)C(F)F)cc2S1(=O)=O. The first kappa shape index (κ1) is 19.9. The van der Waals surface area contributed by atoms with Crippen molar-refractivity contribution in [2.24, 2.45) is 0 Å². The number of carbonyl (C=O) groups is 2. The highest BCUT2D eigenvalue weighted by atomic mass is 32.2. The van der Waals surface area contributed by atoms with E-state index in [-0.39, 0.29) is 21.6 Å². The molecule has 1 amide bonds. The number of amides is 1. The number of rotatable bonds is 5. The van der Waals surface area contributed by atoms with Crippen molar-refractivity contribution >= 4 is 21.9 Å². The topological polar surface area (TPSA) is 80.8 Å². The molecule has 6 nitrogen and oxygen atoms in total. The second kappa shape index (κ2) is 7.31. The molecule has 0 bridgehead atoms. The molecule has 2 aromatic rings. The van der Waals surface area contributed by atoms with Gasteiger partial charge in [-0.25, -0.2) is 26.3 Å². The number of benzene rings is 2. The number of esters is 1. The molecule has 1 heterocycles. The van der Waals surface area contributed by atoms with Gasteiger partial charge in [0.1, 0.15) is 4.90 Å². The predicted octanol–water partition coefficient (Wildman–Crippen LogP) is 3.40. The van der Waals surface area contributed by atoms with Gasteiger partial charge in [-0.3, -0.25) is 4.79 Å². The number of fused-ring (bicyclic) bond motifs is 1. The van der Waals surface area contributed by atoms with Crippen molar-refractivity contribution in [2.45, 2.75) is 37.3 Å². The number of alkyl halides is 2. The molecule has 0 unspecified atom stereocenters. The van der Waals surface area contributed by atoms with Gasteiger partial charge in [0, 0.05) is 6.04 Å². The molecule has 3 rings (SSSR count). The summed E-state index contributed by atoms with van der Waals surface area (Å²) in [5.41, 5.74) is -0.193. The van der Waals surface area contributed by atoms with Gasteiger partial charge in [-0.15, -0.1) is 0 Å². The van der Waals surface area contributed by atoms with Crippen molar-refractivity contribution in [2.75, 3.05) is 0 Å². The maximum atomic E-state index is 13.4. The van der Waals surface area contributed by atoms with Crippen LogP contribution in [0.4, 0.5) is 8.78 Å². The largest absolute Gasteiger partial charge is 0.448 e. The zero-order valence-electron chi connectivity index (χ0n) is 15.0. The van der Waals surface area contributed by atoms with Crippen LogP contribution < -0.4 is 0 Å². The third-order valence-corrected chi connectivity index (χ3v) is 6.24. The Balaban J connectivity index is 1.93. The first-order chi connectivity index (χ1) is 13.1. The molecule has 0 N–H and O–H groups in total. The minimum absolute atomic E-state index is 0.0706. The van der Waals surface area contributed by atoms with E-state index >= 15 is 0 Å². The second-order valence-electron chi connectivity index (χ2n) is 6.48. The average Bonchev–Trinajstić information content (AvgIpc) is 2.85. The normalized spacial score (nSPS) is 16.4. The molecule has 0 saturated carbocycles. The Labute approximate surface area is 160 Å². The van der Waals surface area contributed by atoms with Crippen LogP contribution in [0.1, 0.15) is 46.2 Å². The number of carbonyl (C=O) groups excluding carboxylic acids is 2. The van der Waals surface area contributed by atoms with Gasteiger partial charge in [0.05, 0.1) is 11.1 Å². The molecule has 9 heteroatoms. The second-order valence-corrected chi connectivity index (χ2v) is 8.27. The standard InChI is InChI=1S/C19H17F2NO5S/c1-11(2)22-18(23)14-9-8-13(10-15(14)28(22,25)26)19(24)27-16(17(20)21)12-6-4-3-5-7-12/h3-11,16-17H,1-2H3/t16-/m0/s1. The minimum atomic E-state index is -4.12. The molecule has 0 aliphatic carbocycles. The molecular weight excluding hydrogens is 392 g/mol. The third kappa shape index (κ3) is 3.37. The van der Waals surface area contributed by atoms with Gasteiger partial charge >= 0.3 is 5.97 Å². The van der Waals surface area contributed by atoms with Gasteiger partial charge in [0.2, 0.25) is 0 Å². The quantitative estimate of drug-likeness (QED) is 0.707. The van der Waals surface area contributed by atoms with E-state index in [4.69, 9.17) is 4.74 Å². The van der Waals surface area contributed by atoms with E-state index in [9.17, 15) is 26.8 Å². The van der Waals surface area contributed by atoms with Gasteiger partial charge < -0.3 is 4.74 Å². The number of nitrogens with zero attached hydrogens (tertiary/aromatic N) is 1. The first-order valence-electron chi connectivity index (χ1n) is 8.41. The van der Waals surface area contributed by atoms with Crippen LogP contribution in [0.15, 0.2) is 53.4 Å². The Hall–Kier alpha value is -2.81. The number of hydrogen-bond acceptors (Lipinski definition) is 5. The van der Waals surface area contributed by atoms with E-state index in [0.29, 0.717) is 0 Å².